The van der Waals surface area contributed by atoms with Crippen molar-refractivity contribution < 1.29 is 31.9 Å². The Morgan fingerprint density at radius 3 is 2.51 bits per heavy atom. The Kier molecular flexibility index (Phi) is 6.88. The highest BCUT2D eigenvalue weighted by molar-refractivity contribution is 6.02. The molecule has 2 aromatic heterocycles. The minimum absolute atomic E-state index is 0.0127. The average Bonchev–Trinajstić information content (AvgIpc) is 3.58. The number of nitrogens with one attached hydrogen (secondary N) is 3. The molecule has 2 amide bonds. The van der Waals surface area contributed by atoms with E-state index in [2.05, 4.69) is 25.8 Å². The number of aromatic amines is 1. The SMILES string of the molecule is O=C1CCN(c2ccc(C(F)(F)F)cc2NC(=O)Nc2ccc(Oc3ccnc(-c4cn[nH]c4)c3)cc2F)C1. The van der Waals surface area contributed by atoms with E-state index >= 15 is 0 Å². The van der Waals surface area contributed by atoms with Crippen LogP contribution in [0.25, 0.3) is 11.3 Å². The lowest BCUT2D eigenvalue weighted by Gasteiger charge is -2.22. The van der Waals surface area contributed by atoms with Gasteiger partial charge in [-0.1, -0.05) is 0 Å². The van der Waals surface area contributed by atoms with Gasteiger partial charge in [0.25, 0.3) is 0 Å². The Hall–Kier alpha value is -4.94. The molecule has 0 unspecified atom stereocenters. The van der Waals surface area contributed by atoms with E-state index in [0.717, 1.165) is 23.8 Å². The average molecular weight is 540 g/mol. The van der Waals surface area contributed by atoms with E-state index in [1.54, 1.807) is 29.4 Å². The number of nitrogens with zero attached hydrogens (tertiary/aromatic N) is 3. The molecule has 0 atom stereocenters. The van der Waals surface area contributed by atoms with Crippen LogP contribution in [0.2, 0.25) is 0 Å². The number of aromatic nitrogens is 3. The lowest BCUT2D eigenvalue weighted by atomic mass is 10.1. The van der Waals surface area contributed by atoms with Crippen molar-refractivity contribution >= 4 is 28.9 Å². The first-order chi connectivity index (χ1) is 18.7. The summed E-state index contributed by atoms with van der Waals surface area (Å²) >= 11 is 0. The summed E-state index contributed by atoms with van der Waals surface area (Å²) in [6.07, 6.45) is 0.363. The maximum atomic E-state index is 14.8. The van der Waals surface area contributed by atoms with Crippen LogP contribution < -0.4 is 20.3 Å². The molecule has 0 radical (unpaired) electrons. The van der Waals surface area contributed by atoms with Crippen LogP contribution in [-0.2, 0) is 11.0 Å². The fraction of sp³-hybridized carbons (Fsp3) is 0.154. The van der Waals surface area contributed by atoms with Crippen molar-refractivity contribution in [2.45, 2.75) is 12.6 Å². The second-order valence-electron chi connectivity index (χ2n) is 8.63. The predicted octanol–water partition coefficient (Wildman–Crippen LogP) is 5.85. The van der Waals surface area contributed by atoms with Gasteiger partial charge in [-0.25, -0.2) is 9.18 Å². The van der Waals surface area contributed by atoms with E-state index in [-0.39, 0.29) is 41.6 Å². The Bertz CT molecular complexity index is 1520. The molecule has 0 saturated carbocycles. The van der Waals surface area contributed by atoms with Gasteiger partial charge < -0.3 is 20.3 Å². The number of rotatable bonds is 6. The summed E-state index contributed by atoms with van der Waals surface area (Å²) in [6.45, 7) is 0.316. The summed E-state index contributed by atoms with van der Waals surface area (Å²) in [5.41, 5.74) is 0.204. The zero-order valence-electron chi connectivity index (χ0n) is 20.1. The number of halogens is 4. The van der Waals surface area contributed by atoms with Crippen LogP contribution in [-0.4, -0.2) is 40.1 Å². The van der Waals surface area contributed by atoms with E-state index in [1.807, 2.05) is 0 Å². The molecule has 13 heteroatoms. The Labute approximate surface area is 218 Å². The smallest absolute Gasteiger partial charge is 0.416 e. The molecule has 1 fully saturated rings. The predicted molar refractivity (Wildman–Crippen MR) is 134 cm³/mol. The van der Waals surface area contributed by atoms with Gasteiger partial charge in [0.15, 0.2) is 5.78 Å². The van der Waals surface area contributed by atoms with Crippen LogP contribution in [0.3, 0.4) is 0 Å². The van der Waals surface area contributed by atoms with Crippen LogP contribution in [0.4, 0.5) is 39.4 Å². The van der Waals surface area contributed by atoms with Crippen molar-refractivity contribution in [3.63, 3.8) is 0 Å². The van der Waals surface area contributed by atoms with Gasteiger partial charge in [0, 0.05) is 43.1 Å². The second kappa shape index (κ2) is 10.4. The Balaban J connectivity index is 1.30. The number of hydrogen-bond donors (Lipinski definition) is 3. The molecule has 1 aliphatic heterocycles. The molecule has 4 aromatic rings. The molecule has 1 saturated heterocycles. The number of carbonyl (C=O) groups is 2. The van der Waals surface area contributed by atoms with Gasteiger partial charge in [0.1, 0.15) is 17.3 Å². The Morgan fingerprint density at radius 2 is 1.82 bits per heavy atom. The number of H-pyrrole nitrogens is 1. The van der Waals surface area contributed by atoms with Crippen molar-refractivity contribution in [1.29, 1.82) is 0 Å². The molecule has 0 aliphatic carbocycles. The molecule has 5 rings (SSSR count). The van der Waals surface area contributed by atoms with E-state index < -0.39 is 23.6 Å². The molecular formula is C26H20F4N6O3. The second-order valence-corrected chi connectivity index (χ2v) is 8.63. The monoisotopic (exact) mass is 540 g/mol. The first kappa shape index (κ1) is 25.7. The molecule has 200 valence electrons. The van der Waals surface area contributed by atoms with Crippen LogP contribution in [0, 0.1) is 5.82 Å². The normalized spacial score (nSPS) is 13.4. The highest BCUT2D eigenvalue weighted by atomic mass is 19.4. The van der Waals surface area contributed by atoms with Gasteiger partial charge in [-0.2, -0.15) is 18.3 Å². The number of hydrogen-bond acceptors (Lipinski definition) is 6. The third-order valence-electron chi connectivity index (χ3n) is 5.89. The maximum absolute atomic E-state index is 14.8. The fourth-order valence-electron chi connectivity index (χ4n) is 4.02. The number of ketones is 1. The number of alkyl halides is 3. The summed E-state index contributed by atoms with van der Waals surface area (Å²) in [7, 11) is 0. The van der Waals surface area contributed by atoms with E-state index in [0.29, 0.717) is 18.0 Å². The van der Waals surface area contributed by atoms with Crippen molar-refractivity contribution in [3.8, 4) is 22.8 Å². The van der Waals surface area contributed by atoms with E-state index in [9.17, 15) is 27.2 Å². The van der Waals surface area contributed by atoms with Gasteiger partial charge >= 0.3 is 12.2 Å². The minimum atomic E-state index is -4.65. The van der Waals surface area contributed by atoms with Crippen molar-refractivity contribution in [2.24, 2.45) is 0 Å². The first-order valence-corrected chi connectivity index (χ1v) is 11.6. The van der Waals surface area contributed by atoms with E-state index in [1.165, 1.54) is 24.4 Å². The topological polar surface area (TPSA) is 112 Å². The number of benzene rings is 2. The van der Waals surface area contributed by atoms with Crippen LogP contribution in [0.15, 0.2) is 67.1 Å². The van der Waals surface area contributed by atoms with Gasteiger partial charge in [0.05, 0.1) is 41.1 Å². The fourth-order valence-corrected chi connectivity index (χ4v) is 4.02. The molecule has 3 heterocycles. The van der Waals surface area contributed by atoms with E-state index in [4.69, 9.17) is 4.74 Å². The zero-order chi connectivity index (χ0) is 27.6. The molecule has 39 heavy (non-hydrogen) atoms. The summed E-state index contributed by atoms with van der Waals surface area (Å²) in [5, 5.41) is 11.2. The highest BCUT2D eigenvalue weighted by Crippen LogP contribution is 2.36. The van der Waals surface area contributed by atoms with Gasteiger partial charge in [0.2, 0.25) is 0 Å². The summed E-state index contributed by atoms with van der Waals surface area (Å²) in [6, 6.07) is 8.84. The molecular weight excluding hydrogens is 520 g/mol. The Morgan fingerprint density at radius 1 is 1.03 bits per heavy atom. The van der Waals surface area contributed by atoms with Crippen molar-refractivity contribution in [3.05, 3.63) is 78.5 Å². The largest absolute Gasteiger partial charge is 0.457 e. The summed E-state index contributed by atoms with van der Waals surface area (Å²) < 4.78 is 60.4. The third kappa shape index (κ3) is 5.98. The number of urea groups is 1. The van der Waals surface area contributed by atoms with Crippen molar-refractivity contribution in [2.75, 3.05) is 28.6 Å². The molecule has 3 N–H and O–H groups in total. The molecule has 2 aromatic carbocycles. The quantitative estimate of drug-likeness (QED) is 0.265. The number of ether oxygens (including phenoxy) is 1. The maximum Gasteiger partial charge on any atom is 0.416 e. The van der Waals surface area contributed by atoms with Crippen LogP contribution >= 0.6 is 0 Å². The summed E-state index contributed by atoms with van der Waals surface area (Å²) in [5.74, 6) is -0.376. The number of amides is 2. The lowest BCUT2D eigenvalue weighted by molar-refractivity contribution is -0.137. The van der Waals surface area contributed by atoms with Gasteiger partial charge in [-0.15, -0.1) is 0 Å². The number of Topliss-reactive ketones (excluding diaryl/α,β-unsaturated/α-hetero) is 1. The van der Waals surface area contributed by atoms with Crippen molar-refractivity contribution in [1.82, 2.24) is 15.2 Å². The highest BCUT2D eigenvalue weighted by Gasteiger charge is 2.32. The number of anilines is 3. The van der Waals surface area contributed by atoms with Gasteiger partial charge in [-0.05, 0) is 36.4 Å². The molecule has 9 nitrogen and oxygen atoms in total. The minimum Gasteiger partial charge on any atom is -0.457 e. The lowest BCUT2D eigenvalue weighted by Crippen LogP contribution is -2.25. The third-order valence-corrected chi connectivity index (χ3v) is 5.89. The zero-order valence-corrected chi connectivity index (χ0v) is 20.1. The van der Waals surface area contributed by atoms with Crippen LogP contribution in [0.5, 0.6) is 11.5 Å². The number of carbonyl (C=O) groups excluding carboxylic acids is 2. The number of pyridine rings is 1. The van der Waals surface area contributed by atoms with Gasteiger partial charge in [-0.3, -0.25) is 14.9 Å². The van der Waals surface area contributed by atoms with Crippen LogP contribution in [0.1, 0.15) is 12.0 Å². The molecule has 0 bridgehead atoms. The molecule has 0 spiro atoms. The standard InChI is InChI=1S/C26H20F4N6O3/c27-20-10-18(39-19-5-7-31-22(11-19)15-12-32-33-13-15)2-3-21(20)34-25(38)35-23-9-16(26(28,29)30)1-4-24(23)36-8-6-17(37)14-36/h1-5,7,9-13H,6,8,14H2,(H,32,33)(H2,34,35,38). The molecule has 1 aliphatic rings. The summed E-state index contributed by atoms with van der Waals surface area (Å²) in [4.78, 5) is 30.1. The first-order valence-electron chi connectivity index (χ1n) is 11.6.